The van der Waals surface area contributed by atoms with E-state index < -0.39 is 22.8 Å². The zero-order chi connectivity index (χ0) is 18.7. The molecule has 2 rings (SSSR count). The Bertz CT molecular complexity index is 621. The minimum absolute atomic E-state index is 0. The number of nitrogens with zero attached hydrogens (tertiary/aromatic N) is 1. The van der Waals surface area contributed by atoms with Crippen LogP contribution in [0.15, 0.2) is 18.2 Å². The van der Waals surface area contributed by atoms with Crippen LogP contribution in [0.3, 0.4) is 0 Å². The van der Waals surface area contributed by atoms with Gasteiger partial charge in [0.25, 0.3) is 0 Å². The first-order valence-corrected chi connectivity index (χ1v) is 8.46. The predicted octanol–water partition coefficient (Wildman–Crippen LogP) is -0.919. The number of rotatable bonds is 4. The maximum atomic E-state index is 13.4. The summed E-state index contributed by atoms with van der Waals surface area (Å²) in [5, 5.41) is 12.6. The Morgan fingerprint density at radius 3 is 2.33 bits per heavy atom. The number of benzene rings is 1. The average molecular weight is 394 g/mol. The fourth-order valence-corrected chi connectivity index (χ4v) is 2.98. The van der Waals surface area contributed by atoms with Crippen LogP contribution in [0.5, 0.6) is 0 Å². The minimum atomic E-state index is -0.921. The van der Waals surface area contributed by atoms with E-state index in [4.69, 9.17) is 4.74 Å². The Kier molecular flexibility index (Phi) is 10.3. The van der Waals surface area contributed by atoms with Gasteiger partial charge in [-0.15, -0.1) is 0 Å². The van der Waals surface area contributed by atoms with Crippen LogP contribution in [0.2, 0.25) is 0 Å². The summed E-state index contributed by atoms with van der Waals surface area (Å²) >= 11 is 0. The van der Waals surface area contributed by atoms with Crippen LogP contribution in [-0.2, 0) is 4.74 Å². The van der Waals surface area contributed by atoms with Crippen molar-refractivity contribution in [3.05, 3.63) is 29.8 Å². The van der Waals surface area contributed by atoms with E-state index >= 15 is 0 Å². The second-order valence-electron chi connectivity index (χ2n) is 7.48. The Hall–Kier alpha value is -0.825. The molecule has 5 nitrogen and oxygen atoms in total. The molecule has 2 N–H and O–H groups in total. The second kappa shape index (κ2) is 10.6. The average Bonchev–Trinajstić information content (AvgIpc) is 2.50. The summed E-state index contributed by atoms with van der Waals surface area (Å²) in [4.78, 5) is 13.8. The summed E-state index contributed by atoms with van der Waals surface area (Å²) in [5.74, 6) is -1.82. The smallest absolute Gasteiger partial charge is 0.444 e. The van der Waals surface area contributed by atoms with E-state index in [1.54, 1.807) is 4.90 Å². The predicted molar refractivity (Wildman–Crippen MR) is 103 cm³/mol. The number of hydrogen-bond acceptors (Lipinski definition) is 4. The van der Waals surface area contributed by atoms with Crippen molar-refractivity contribution in [2.45, 2.75) is 51.2 Å². The molecule has 1 aliphatic heterocycles. The summed E-state index contributed by atoms with van der Waals surface area (Å²) in [6, 6.07) is 3.65. The number of hydrogen-bond donors (Lipinski definition) is 2. The van der Waals surface area contributed by atoms with Crippen molar-refractivity contribution in [1.82, 2.24) is 4.90 Å². The summed E-state index contributed by atoms with van der Waals surface area (Å²) in [6.07, 6.45) is 1.24. The van der Waals surface area contributed by atoms with Crippen LogP contribution >= 0.6 is 0 Å². The molecule has 148 valence electrons. The largest absolute Gasteiger partial charge is 1.00 e. The number of carbonyl (C=O) groups excluding carboxylic acids is 1. The zero-order valence-corrected chi connectivity index (χ0v) is 17.9. The molecule has 1 amide bonds. The maximum absolute atomic E-state index is 13.4. The standard InChI is InChI=1S/C18H26F2N2O3.BH4.Na/c1-17(2,3)25-16(24)22-9-6-18(7-10-22,8-11-23)21-13-4-5-14(19)15(20)12-13;;/h4-5,12,21,23H,6-11H2,1-3H3;1H4;/q;-1;+1. The van der Waals surface area contributed by atoms with Crippen molar-refractivity contribution in [2.24, 2.45) is 0 Å². The first-order chi connectivity index (χ1) is 11.6. The van der Waals surface area contributed by atoms with Crippen LogP contribution in [-0.4, -0.2) is 55.3 Å². The number of halogens is 2. The van der Waals surface area contributed by atoms with Gasteiger partial charge in [-0.05, 0) is 52.2 Å². The summed E-state index contributed by atoms with van der Waals surface area (Å²) < 4.78 is 31.9. The third-order valence-corrected chi connectivity index (χ3v) is 4.29. The molecule has 1 aliphatic rings. The second-order valence-corrected chi connectivity index (χ2v) is 7.48. The van der Waals surface area contributed by atoms with Crippen LogP contribution in [0.4, 0.5) is 19.3 Å². The van der Waals surface area contributed by atoms with E-state index in [1.807, 2.05) is 20.8 Å². The molecule has 0 bridgehead atoms. The number of aliphatic hydroxyl groups excluding tert-OH is 1. The van der Waals surface area contributed by atoms with Crippen LogP contribution in [0.25, 0.3) is 0 Å². The molecule has 27 heavy (non-hydrogen) atoms. The van der Waals surface area contributed by atoms with Crippen molar-refractivity contribution in [3.63, 3.8) is 0 Å². The molecule has 1 saturated heterocycles. The fourth-order valence-electron chi connectivity index (χ4n) is 2.98. The van der Waals surface area contributed by atoms with Gasteiger partial charge in [0.1, 0.15) is 5.60 Å². The molecular formula is C18H30BF2N2NaO3. The van der Waals surface area contributed by atoms with Gasteiger partial charge in [0.05, 0.1) is 0 Å². The van der Waals surface area contributed by atoms with E-state index in [-0.39, 0.29) is 50.7 Å². The first-order valence-electron chi connectivity index (χ1n) is 8.46. The third-order valence-electron chi connectivity index (χ3n) is 4.29. The molecule has 0 spiro atoms. The van der Waals surface area contributed by atoms with E-state index in [2.05, 4.69) is 5.32 Å². The molecule has 0 unspecified atom stereocenters. The fraction of sp³-hybridized carbons (Fsp3) is 0.611. The van der Waals surface area contributed by atoms with Gasteiger partial charge in [0.15, 0.2) is 11.6 Å². The monoisotopic (exact) mass is 394 g/mol. The van der Waals surface area contributed by atoms with Crippen LogP contribution < -0.4 is 34.9 Å². The Morgan fingerprint density at radius 2 is 1.85 bits per heavy atom. The molecule has 1 aromatic rings. The van der Waals surface area contributed by atoms with Gasteiger partial charge in [0.2, 0.25) is 0 Å². The normalized spacial score (nSPS) is 16.0. The van der Waals surface area contributed by atoms with Gasteiger partial charge in [-0.3, -0.25) is 0 Å². The molecule has 1 heterocycles. The SMILES string of the molecule is CC(C)(C)OC(=O)N1CCC(CCO)(Nc2ccc(F)c(F)c2)CC1.[BH4-].[Na+]. The zero-order valence-electron chi connectivity index (χ0n) is 15.9. The maximum Gasteiger partial charge on any atom is 1.00 e. The van der Waals surface area contributed by atoms with E-state index in [9.17, 15) is 18.7 Å². The van der Waals surface area contributed by atoms with Crippen molar-refractivity contribution in [2.75, 3.05) is 25.0 Å². The Labute approximate surface area is 183 Å². The van der Waals surface area contributed by atoms with Crippen LogP contribution in [0.1, 0.15) is 40.0 Å². The van der Waals surface area contributed by atoms with Crippen LogP contribution in [0, 0.1) is 11.6 Å². The molecule has 1 aromatic carbocycles. The Balaban J connectivity index is 0.00000338. The van der Waals surface area contributed by atoms with Gasteiger partial charge in [-0.2, -0.15) is 0 Å². The molecule has 0 atom stereocenters. The number of likely N-dealkylation sites (tertiary alicyclic amines) is 1. The van der Waals surface area contributed by atoms with Gasteiger partial charge in [-0.1, -0.05) is 8.41 Å². The van der Waals surface area contributed by atoms with E-state index in [0.29, 0.717) is 38.0 Å². The van der Waals surface area contributed by atoms with Gasteiger partial charge >= 0.3 is 35.7 Å². The van der Waals surface area contributed by atoms with Gasteiger partial charge in [0, 0.05) is 37.0 Å². The van der Waals surface area contributed by atoms with Crippen molar-refractivity contribution in [3.8, 4) is 0 Å². The van der Waals surface area contributed by atoms with Gasteiger partial charge in [-0.25, -0.2) is 13.6 Å². The number of ether oxygens (including phenoxy) is 1. The molecule has 0 radical (unpaired) electrons. The van der Waals surface area contributed by atoms with Crippen molar-refractivity contribution < 1.29 is 53.0 Å². The van der Waals surface area contributed by atoms with E-state index in [1.165, 1.54) is 6.07 Å². The molecule has 9 heteroatoms. The first kappa shape index (κ1) is 26.2. The van der Waals surface area contributed by atoms with E-state index in [0.717, 1.165) is 12.1 Å². The summed E-state index contributed by atoms with van der Waals surface area (Å²) in [7, 11) is 0. The number of piperidine rings is 1. The third kappa shape index (κ3) is 7.60. The van der Waals surface area contributed by atoms with Crippen molar-refractivity contribution in [1.29, 1.82) is 0 Å². The van der Waals surface area contributed by atoms with Gasteiger partial charge < -0.3 is 20.1 Å². The summed E-state index contributed by atoms with van der Waals surface area (Å²) in [5.41, 5.74) is -0.573. The number of amides is 1. The number of aliphatic hydroxyl groups is 1. The summed E-state index contributed by atoms with van der Waals surface area (Å²) in [6.45, 7) is 6.33. The minimum Gasteiger partial charge on any atom is -0.444 e. The molecule has 0 saturated carbocycles. The topological polar surface area (TPSA) is 61.8 Å². The molecule has 1 fully saturated rings. The quantitative estimate of drug-likeness (QED) is 0.649. The Morgan fingerprint density at radius 1 is 1.26 bits per heavy atom. The molecule has 0 aliphatic carbocycles. The number of nitrogens with one attached hydrogen (secondary N) is 1. The van der Waals surface area contributed by atoms with Crippen molar-refractivity contribution >= 4 is 20.2 Å². The number of carbonyl (C=O) groups is 1. The number of anilines is 1. The molecular weight excluding hydrogens is 364 g/mol. The molecule has 0 aromatic heterocycles.